The normalized spacial score (nSPS) is 11.6. The molecule has 0 bridgehead atoms. The molecule has 0 spiro atoms. The van der Waals surface area contributed by atoms with Crippen LogP contribution >= 0.6 is 0 Å². The first kappa shape index (κ1) is 18.0. The molecule has 6 heteroatoms. The second kappa shape index (κ2) is 8.49. The van der Waals surface area contributed by atoms with Gasteiger partial charge in [0, 0.05) is 0 Å². The third kappa shape index (κ3) is 5.38. The molecule has 0 aromatic heterocycles. The average Bonchev–Trinajstić information content (AvgIpc) is 2.57. The molecule has 0 saturated carbocycles. The fourth-order valence-electron chi connectivity index (χ4n) is 1.92. The van der Waals surface area contributed by atoms with Gasteiger partial charge in [0.15, 0.2) is 0 Å². The molecule has 5 nitrogen and oxygen atoms in total. The molecule has 0 amide bonds. The Labute approximate surface area is 143 Å². The summed E-state index contributed by atoms with van der Waals surface area (Å²) in [5, 5.41) is 3.81. The number of sulfonamides is 1. The van der Waals surface area contributed by atoms with Gasteiger partial charge in [-0.25, -0.2) is 4.83 Å². The van der Waals surface area contributed by atoms with Crippen LogP contribution in [0, 0.1) is 6.92 Å². The molecular formula is C18H22N2O3S. The first-order chi connectivity index (χ1) is 11.5. The number of rotatable bonds is 8. The van der Waals surface area contributed by atoms with Crippen LogP contribution in [-0.2, 0) is 10.0 Å². The number of hydrogen-bond acceptors (Lipinski definition) is 4. The van der Waals surface area contributed by atoms with Crippen LogP contribution in [-0.4, -0.2) is 21.2 Å². The van der Waals surface area contributed by atoms with Crippen molar-refractivity contribution in [3.63, 3.8) is 0 Å². The van der Waals surface area contributed by atoms with Crippen molar-refractivity contribution >= 4 is 16.2 Å². The zero-order chi connectivity index (χ0) is 17.4. The Morgan fingerprint density at radius 3 is 2.38 bits per heavy atom. The maximum Gasteiger partial charge on any atom is 0.276 e. The Bertz CT molecular complexity index is 767. The minimum Gasteiger partial charge on any atom is -0.494 e. The van der Waals surface area contributed by atoms with Crippen molar-refractivity contribution in [3.05, 3.63) is 59.7 Å². The molecule has 0 aliphatic heterocycles. The van der Waals surface area contributed by atoms with E-state index in [1.807, 2.05) is 31.2 Å². The lowest BCUT2D eigenvalue weighted by Gasteiger charge is -2.05. The number of aryl methyl sites for hydroxylation is 1. The fraction of sp³-hybridized carbons (Fsp3) is 0.278. The molecule has 0 saturated heterocycles. The molecule has 0 unspecified atom stereocenters. The van der Waals surface area contributed by atoms with Crippen LogP contribution in [0.1, 0.15) is 30.9 Å². The highest BCUT2D eigenvalue weighted by Gasteiger charge is 2.11. The first-order valence-electron chi connectivity index (χ1n) is 7.85. The molecule has 0 heterocycles. The third-order valence-electron chi connectivity index (χ3n) is 3.36. The number of nitrogens with zero attached hydrogens (tertiary/aromatic N) is 1. The fourth-order valence-corrected chi connectivity index (χ4v) is 2.72. The molecule has 128 valence electrons. The molecule has 2 aromatic carbocycles. The summed E-state index contributed by atoms with van der Waals surface area (Å²) in [5.74, 6) is 0.792. The molecule has 0 fully saturated rings. The molecule has 0 aliphatic carbocycles. The van der Waals surface area contributed by atoms with Crippen LogP contribution in [0.5, 0.6) is 5.75 Å². The highest BCUT2D eigenvalue weighted by molar-refractivity contribution is 7.89. The third-order valence-corrected chi connectivity index (χ3v) is 4.60. The van der Waals surface area contributed by atoms with Crippen LogP contribution in [0.3, 0.4) is 0 Å². The average molecular weight is 346 g/mol. The lowest BCUT2D eigenvalue weighted by atomic mass is 10.2. The maximum absolute atomic E-state index is 12.1. The first-order valence-corrected chi connectivity index (χ1v) is 9.34. The lowest BCUT2D eigenvalue weighted by Crippen LogP contribution is -2.18. The SMILES string of the molecule is CCCCOc1ccc(/C=N\NS(=O)(=O)c2ccc(C)cc2)cc1. The minimum atomic E-state index is -3.64. The summed E-state index contributed by atoms with van der Waals surface area (Å²) in [5.41, 5.74) is 1.78. The van der Waals surface area contributed by atoms with E-state index in [-0.39, 0.29) is 4.90 Å². The summed E-state index contributed by atoms with van der Waals surface area (Å²) in [4.78, 5) is 2.40. The zero-order valence-corrected chi connectivity index (χ0v) is 14.7. The molecule has 0 aliphatic rings. The molecule has 0 radical (unpaired) electrons. The summed E-state index contributed by atoms with van der Waals surface area (Å²) < 4.78 is 29.8. The van der Waals surface area contributed by atoms with Crippen molar-refractivity contribution in [2.45, 2.75) is 31.6 Å². The molecule has 0 atom stereocenters. The van der Waals surface area contributed by atoms with E-state index in [2.05, 4.69) is 16.9 Å². The Kier molecular flexibility index (Phi) is 6.37. The predicted octanol–water partition coefficient (Wildman–Crippen LogP) is 3.49. The molecular weight excluding hydrogens is 324 g/mol. The van der Waals surface area contributed by atoms with Crippen LogP contribution in [0.4, 0.5) is 0 Å². The monoisotopic (exact) mass is 346 g/mol. The van der Waals surface area contributed by atoms with Crippen molar-refractivity contribution < 1.29 is 13.2 Å². The van der Waals surface area contributed by atoms with E-state index in [1.165, 1.54) is 6.21 Å². The highest BCUT2D eigenvalue weighted by atomic mass is 32.2. The van der Waals surface area contributed by atoms with E-state index in [4.69, 9.17) is 4.74 Å². The second-order valence-electron chi connectivity index (χ2n) is 5.44. The molecule has 24 heavy (non-hydrogen) atoms. The van der Waals surface area contributed by atoms with Crippen molar-refractivity contribution in [2.75, 3.05) is 6.61 Å². The molecule has 2 aromatic rings. The second-order valence-corrected chi connectivity index (χ2v) is 7.10. The van der Waals surface area contributed by atoms with E-state index in [9.17, 15) is 8.42 Å². The number of hydrazone groups is 1. The number of nitrogens with one attached hydrogen (secondary N) is 1. The van der Waals surface area contributed by atoms with Gasteiger partial charge in [-0.3, -0.25) is 0 Å². The summed E-state index contributed by atoms with van der Waals surface area (Å²) in [6, 6.07) is 13.9. The lowest BCUT2D eigenvalue weighted by molar-refractivity contribution is 0.309. The summed E-state index contributed by atoms with van der Waals surface area (Å²) in [6.45, 7) is 4.71. The van der Waals surface area contributed by atoms with Gasteiger partial charge in [0.1, 0.15) is 5.75 Å². The number of ether oxygens (including phenoxy) is 1. The zero-order valence-electron chi connectivity index (χ0n) is 13.9. The number of benzene rings is 2. The van der Waals surface area contributed by atoms with Gasteiger partial charge in [0.25, 0.3) is 10.0 Å². The van der Waals surface area contributed by atoms with E-state index < -0.39 is 10.0 Å². The maximum atomic E-state index is 12.1. The molecule has 1 N–H and O–H groups in total. The quantitative estimate of drug-likeness (QED) is 0.452. The topological polar surface area (TPSA) is 67.8 Å². The van der Waals surface area contributed by atoms with Crippen LogP contribution in [0.25, 0.3) is 0 Å². The van der Waals surface area contributed by atoms with E-state index in [1.54, 1.807) is 24.3 Å². The molecule has 2 rings (SSSR count). The van der Waals surface area contributed by atoms with Gasteiger partial charge in [-0.15, -0.1) is 0 Å². The summed E-state index contributed by atoms with van der Waals surface area (Å²) in [6.07, 6.45) is 3.57. The van der Waals surface area contributed by atoms with Gasteiger partial charge in [-0.2, -0.15) is 13.5 Å². The van der Waals surface area contributed by atoms with E-state index in [0.717, 1.165) is 29.7 Å². The Morgan fingerprint density at radius 1 is 1.08 bits per heavy atom. The van der Waals surface area contributed by atoms with Crippen molar-refractivity contribution in [2.24, 2.45) is 5.10 Å². The number of unbranched alkanes of at least 4 members (excludes halogenated alkanes) is 1. The van der Waals surface area contributed by atoms with Crippen molar-refractivity contribution in [1.29, 1.82) is 0 Å². The Balaban J connectivity index is 1.94. The van der Waals surface area contributed by atoms with Crippen LogP contribution in [0.2, 0.25) is 0 Å². The standard InChI is InChI=1S/C18H22N2O3S/c1-3-4-13-23-17-9-7-16(8-10-17)14-19-20-24(21,22)18-11-5-15(2)6-12-18/h5-12,14,20H,3-4,13H2,1-2H3/b19-14-. The van der Waals surface area contributed by atoms with Gasteiger partial charge >= 0.3 is 0 Å². The van der Waals surface area contributed by atoms with Gasteiger partial charge in [-0.1, -0.05) is 31.0 Å². The van der Waals surface area contributed by atoms with Gasteiger partial charge < -0.3 is 4.74 Å². The van der Waals surface area contributed by atoms with Crippen molar-refractivity contribution in [1.82, 2.24) is 4.83 Å². The highest BCUT2D eigenvalue weighted by Crippen LogP contribution is 2.12. The van der Waals surface area contributed by atoms with E-state index >= 15 is 0 Å². The van der Waals surface area contributed by atoms with Gasteiger partial charge in [-0.05, 0) is 55.3 Å². The van der Waals surface area contributed by atoms with Crippen LogP contribution in [0.15, 0.2) is 58.5 Å². The smallest absolute Gasteiger partial charge is 0.276 e. The van der Waals surface area contributed by atoms with Crippen molar-refractivity contribution in [3.8, 4) is 5.75 Å². The summed E-state index contributed by atoms with van der Waals surface area (Å²) in [7, 11) is -3.64. The van der Waals surface area contributed by atoms with E-state index in [0.29, 0.717) is 6.61 Å². The number of hydrogen-bond donors (Lipinski definition) is 1. The van der Waals surface area contributed by atoms with Gasteiger partial charge in [0.05, 0.1) is 17.7 Å². The van der Waals surface area contributed by atoms with Gasteiger partial charge in [0.2, 0.25) is 0 Å². The Morgan fingerprint density at radius 2 is 1.75 bits per heavy atom. The largest absolute Gasteiger partial charge is 0.494 e. The Hall–Kier alpha value is -2.34. The predicted molar refractivity (Wildman–Crippen MR) is 95.9 cm³/mol. The summed E-state index contributed by atoms with van der Waals surface area (Å²) >= 11 is 0. The minimum absolute atomic E-state index is 0.185. The van der Waals surface area contributed by atoms with Crippen LogP contribution < -0.4 is 9.57 Å².